The summed E-state index contributed by atoms with van der Waals surface area (Å²) < 4.78 is 5.86. The van der Waals surface area contributed by atoms with Gasteiger partial charge in [0.15, 0.2) is 0 Å². The molecule has 2 aliphatic heterocycles. The summed E-state index contributed by atoms with van der Waals surface area (Å²) in [6, 6.07) is 5.36. The maximum atomic E-state index is 13.5. The van der Waals surface area contributed by atoms with E-state index < -0.39 is 18.0 Å². The SMILES string of the molecule is CCN1CCN(C(=O)[C@@H]2CCC(=O)N[C@@H](CC(C)C)C(=O)NCCCOc3ccccc3C(=O)N2)CC1. The first-order chi connectivity index (χ1) is 17.8. The second-order valence-corrected chi connectivity index (χ2v) is 10.1. The van der Waals surface area contributed by atoms with Gasteiger partial charge in [-0.3, -0.25) is 19.2 Å². The van der Waals surface area contributed by atoms with Crippen LogP contribution in [0.15, 0.2) is 24.3 Å². The van der Waals surface area contributed by atoms with Crippen LogP contribution in [-0.2, 0) is 14.4 Å². The summed E-state index contributed by atoms with van der Waals surface area (Å²) in [5, 5.41) is 8.57. The molecule has 1 fully saturated rings. The van der Waals surface area contributed by atoms with Gasteiger partial charge in [-0.1, -0.05) is 32.9 Å². The highest BCUT2D eigenvalue weighted by Crippen LogP contribution is 2.19. The van der Waals surface area contributed by atoms with Crippen LogP contribution in [-0.4, -0.2) is 91.4 Å². The number of hydrogen-bond acceptors (Lipinski definition) is 6. The molecule has 1 aromatic carbocycles. The molecule has 0 saturated carbocycles. The molecule has 2 heterocycles. The van der Waals surface area contributed by atoms with E-state index in [0.717, 1.165) is 19.6 Å². The Labute approximate surface area is 219 Å². The highest BCUT2D eigenvalue weighted by Gasteiger charge is 2.30. The van der Waals surface area contributed by atoms with Crippen molar-refractivity contribution in [3.8, 4) is 5.75 Å². The van der Waals surface area contributed by atoms with Gasteiger partial charge in [0, 0.05) is 39.1 Å². The number of piperazine rings is 1. The first kappa shape index (κ1) is 28.4. The van der Waals surface area contributed by atoms with E-state index in [-0.39, 0.29) is 36.5 Å². The minimum absolute atomic E-state index is 0.00559. The minimum atomic E-state index is -0.871. The van der Waals surface area contributed by atoms with E-state index in [4.69, 9.17) is 4.74 Å². The van der Waals surface area contributed by atoms with Crippen molar-refractivity contribution >= 4 is 23.6 Å². The number of carbonyl (C=O) groups excluding carboxylic acids is 4. The molecule has 3 rings (SSSR count). The molecule has 10 heteroatoms. The van der Waals surface area contributed by atoms with Gasteiger partial charge in [0.05, 0.1) is 12.2 Å². The topological polar surface area (TPSA) is 120 Å². The number of para-hydroxylation sites is 1. The van der Waals surface area contributed by atoms with Crippen LogP contribution in [0.2, 0.25) is 0 Å². The zero-order valence-electron chi connectivity index (χ0n) is 22.3. The number of benzene rings is 1. The number of ether oxygens (including phenoxy) is 1. The standard InChI is InChI=1S/C27H41N5O5/c1-4-31-13-15-32(16-14-31)27(36)21-10-11-24(33)29-22(18-19(2)3)26(35)28-12-7-17-37-23-9-6-5-8-20(23)25(34)30-21/h5-6,8-9,19,21-22H,4,7,10-18H2,1-3H3,(H,28,35)(H,29,33)(H,30,34)/t21-,22-/m0/s1. The predicted molar refractivity (Wildman–Crippen MR) is 140 cm³/mol. The first-order valence-corrected chi connectivity index (χ1v) is 13.4. The Balaban J connectivity index is 1.81. The lowest BCUT2D eigenvalue weighted by Crippen LogP contribution is -2.55. The van der Waals surface area contributed by atoms with Gasteiger partial charge in [0.2, 0.25) is 17.7 Å². The van der Waals surface area contributed by atoms with Crippen LogP contribution in [0.25, 0.3) is 0 Å². The van der Waals surface area contributed by atoms with Gasteiger partial charge in [0.1, 0.15) is 17.8 Å². The number of nitrogens with zero attached hydrogens (tertiary/aromatic N) is 2. The third-order valence-corrected chi connectivity index (χ3v) is 6.76. The quantitative estimate of drug-likeness (QED) is 0.554. The van der Waals surface area contributed by atoms with Gasteiger partial charge >= 0.3 is 0 Å². The maximum absolute atomic E-state index is 13.5. The second-order valence-electron chi connectivity index (χ2n) is 10.1. The number of hydrogen-bond donors (Lipinski definition) is 3. The van der Waals surface area contributed by atoms with Crippen LogP contribution in [0, 0.1) is 5.92 Å². The molecule has 37 heavy (non-hydrogen) atoms. The fraction of sp³-hybridized carbons (Fsp3) is 0.630. The smallest absolute Gasteiger partial charge is 0.255 e. The van der Waals surface area contributed by atoms with E-state index in [9.17, 15) is 19.2 Å². The summed E-state index contributed by atoms with van der Waals surface area (Å²) in [7, 11) is 0. The van der Waals surface area contributed by atoms with Crippen LogP contribution in [0.3, 0.4) is 0 Å². The summed E-state index contributed by atoms with van der Waals surface area (Å²) in [5.41, 5.74) is 0.327. The van der Waals surface area contributed by atoms with E-state index in [0.29, 0.717) is 50.4 Å². The molecule has 0 aliphatic carbocycles. The Bertz CT molecular complexity index is 945. The Morgan fingerprint density at radius 2 is 1.81 bits per heavy atom. The van der Waals surface area contributed by atoms with E-state index >= 15 is 0 Å². The van der Waals surface area contributed by atoms with Crippen molar-refractivity contribution in [2.24, 2.45) is 5.92 Å². The lowest BCUT2D eigenvalue weighted by atomic mass is 10.0. The second kappa shape index (κ2) is 14.0. The molecule has 204 valence electrons. The van der Waals surface area contributed by atoms with Crippen molar-refractivity contribution in [3.63, 3.8) is 0 Å². The van der Waals surface area contributed by atoms with Crippen LogP contribution in [0.4, 0.5) is 0 Å². The molecule has 0 bridgehead atoms. The molecule has 10 nitrogen and oxygen atoms in total. The number of amides is 4. The highest BCUT2D eigenvalue weighted by molar-refractivity contribution is 5.99. The average Bonchev–Trinajstić information content (AvgIpc) is 2.89. The van der Waals surface area contributed by atoms with E-state index in [2.05, 4.69) is 27.8 Å². The van der Waals surface area contributed by atoms with Gasteiger partial charge in [-0.15, -0.1) is 0 Å². The number of likely N-dealkylation sites (N-methyl/N-ethyl adjacent to an activating group) is 1. The average molecular weight is 516 g/mol. The molecule has 1 saturated heterocycles. The van der Waals surface area contributed by atoms with E-state index in [1.165, 1.54) is 0 Å². The lowest BCUT2D eigenvalue weighted by Gasteiger charge is -2.36. The molecular weight excluding hydrogens is 474 g/mol. The zero-order chi connectivity index (χ0) is 26.8. The normalized spacial score (nSPS) is 22.9. The summed E-state index contributed by atoms with van der Waals surface area (Å²) in [6.45, 7) is 10.4. The molecule has 0 aromatic heterocycles. The van der Waals surface area contributed by atoms with Crippen LogP contribution >= 0.6 is 0 Å². The van der Waals surface area contributed by atoms with Crippen molar-refractivity contribution in [1.82, 2.24) is 25.8 Å². The number of fused-ring (bicyclic) bond motifs is 1. The van der Waals surface area contributed by atoms with Crippen LogP contribution in [0.1, 0.15) is 56.8 Å². The summed E-state index contributed by atoms with van der Waals surface area (Å²) in [5.74, 6) is -0.551. The van der Waals surface area contributed by atoms with Crippen molar-refractivity contribution < 1.29 is 23.9 Å². The lowest BCUT2D eigenvalue weighted by molar-refractivity contribution is -0.135. The maximum Gasteiger partial charge on any atom is 0.255 e. The van der Waals surface area contributed by atoms with E-state index in [1.807, 2.05) is 13.8 Å². The van der Waals surface area contributed by atoms with Gasteiger partial charge in [-0.05, 0) is 43.9 Å². The number of rotatable bonds is 4. The molecule has 0 unspecified atom stereocenters. The molecular formula is C27H41N5O5. The number of nitrogens with one attached hydrogen (secondary N) is 3. The Kier molecular flexibility index (Phi) is 10.7. The molecule has 4 amide bonds. The Hall–Kier alpha value is -3.14. The largest absolute Gasteiger partial charge is 0.493 e. The fourth-order valence-corrected chi connectivity index (χ4v) is 4.61. The molecule has 3 N–H and O–H groups in total. The molecule has 0 radical (unpaired) electrons. The van der Waals surface area contributed by atoms with Gasteiger partial charge in [0.25, 0.3) is 5.91 Å². The summed E-state index contributed by atoms with van der Waals surface area (Å²) in [4.78, 5) is 56.4. The van der Waals surface area contributed by atoms with Crippen LogP contribution < -0.4 is 20.7 Å². The van der Waals surface area contributed by atoms with Crippen LogP contribution in [0.5, 0.6) is 5.75 Å². The van der Waals surface area contributed by atoms with Gasteiger partial charge in [-0.2, -0.15) is 0 Å². The van der Waals surface area contributed by atoms with Crippen molar-refractivity contribution in [2.75, 3.05) is 45.9 Å². The predicted octanol–water partition coefficient (Wildman–Crippen LogP) is 1.16. The number of carbonyl (C=O) groups is 4. The molecule has 1 aromatic rings. The molecule has 2 aliphatic rings. The van der Waals surface area contributed by atoms with E-state index in [1.54, 1.807) is 29.2 Å². The zero-order valence-corrected chi connectivity index (χ0v) is 22.3. The molecule has 2 atom stereocenters. The highest BCUT2D eigenvalue weighted by atomic mass is 16.5. The third-order valence-electron chi connectivity index (χ3n) is 6.76. The van der Waals surface area contributed by atoms with Crippen molar-refractivity contribution in [2.45, 2.75) is 58.5 Å². The Morgan fingerprint density at radius 3 is 2.51 bits per heavy atom. The van der Waals surface area contributed by atoms with Crippen molar-refractivity contribution in [1.29, 1.82) is 0 Å². The summed E-state index contributed by atoms with van der Waals surface area (Å²) >= 11 is 0. The Morgan fingerprint density at radius 1 is 1.08 bits per heavy atom. The van der Waals surface area contributed by atoms with Gasteiger partial charge < -0.3 is 30.5 Å². The fourth-order valence-electron chi connectivity index (χ4n) is 4.61. The first-order valence-electron chi connectivity index (χ1n) is 13.4. The van der Waals surface area contributed by atoms with Crippen molar-refractivity contribution in [3.05, 3.63) is 29.8 Å². The summed E-state index contributed by atoms with van der Waals surface area (Å²) in [6.07, 6.45) is 1.17. The monoisotopic (exact) mass is 515 g/mol. The molecule has 0 spiro atoms. The third kappa shape index (κ3) is 8.45. The minimum Gasteiger partial charge on any atom is -0.493 e. The van der Waals surface area contributed by atoms with Gasteiger partial charge in [-0.25, -0.2) is 0 Å².